The van der Waals surface area contributed by atoms with E-state index in [2.05, 4.69) is 16.7 Å². The normalized spacial score (nSPS) is 10.2. The molecule has 2 aromatic rings. The molecule has 0 unspecified atom stereocenters. The average Bonchev–Trinajstić information content (AvgIpc) is 3.08. The molecule has 0 aliphatic carbocycles. The Labute approximate surface area is 149 Å². The first-order chi connectivity index (χ1) is 12.0. The van der Waals surface area contributed by atoms with Gasteiger partial charge in [0.2, 0.25) is 5.91 Å². The molecule has 1 aromatic heterocycles. The number of aliphatic carboxylic acids is 1. The molecule has 0 saturated carbocycles. The third-order valence-corrected chi connectivity index (χ3v) is 4.40. The van der Waals surface area contributed by atoms with Crippen molar-refractivity contribution in [1.29, 1.82) is 0 Å². The van der Waals surface area contributed by atoms with Crippen molar-refractivity contribution in [3.8, 4) is 0 Å². The number of benzene rings is 1. The van der Waals surface area contributed by atoms with Crippen LogP contribution in [-0.2, 0) is 16.0 Å². The van der Waals surface area contributed by atoms with Gasteiger partial charge in [-0.2, -0.15) is 0 Å². The quantitative estimate of drug-likeness (QED) is 0.641. The molecule has 1 heterocycles. The highest BCUT2D eigenvalue weighted by atomic mass is 32.1. The SMILES string of the molecule is O=C(O)CCNC(=O)c1ccc(NC(=O)CCCc2cccs2)cc1. The van der Waals surface area contributed by atoms with Crippen LogP contribution in [-0.4, -0.2) is 29.4 Å². The number of thiophene rings is 1. The van der Waals surface area contributed by atoms with E-state index >= 15 is 0 Å². The van der Waals surface area contributed by atoms with Crippen LogP contribution in [0, 0.1) is 0 Å². The van der Waals surface area contributed by atoms with Gasteiger partial charge in [-0.3, -0.25) is 14.4 Å². The van der Waals surface area contributed by atoms with Crippen molar-refractivity contribution in [2.45, 2.75) is 25.7 Å². The molecule has 25 heavy (non-hydrogen) atoms. The van der Waals surface area contributed by atoms with Crippen LogP contribution in [0.4, 0.5) is 5.69 Å². The highest BCUT2D eigenvalue weighted by Crippen LogP contribution is 2.13. The van der Waals surface area contributed by atoms with Gasteiger partial charge < -0.3 is 15.7 Å². The third-order valence-electron chi connectivity index (χ3n) is 3.46. The largest absolute Gasteiger partial charge is 0.481 e. The summed E-state index contributed by atoms with van der Waals surface area (Å²) in [4.78, 5) is 35.4. The zero-order valence-electron chi connectivity index (χ0n) is 13.7. The highest BCUT2D eigenvalue weighted by molar-refractivity contribution is 7.09. The lowest BCUT2D eigenvalue weighted by atomic mass is 10.1. The summed E-state index contributed by atoms with van der Waals surface area (Å²) in [6.45, 7) is 0.0803. The Hall–Kier alpha value is -2.67. The van der Waals surface area contributed by atoms with Crippen molar-refractivity contribution in [1.82, 2.24) is 5.32 Å². The number of carboxylic acid groups (broad SMARTS) is 1. The molecule has 7 heteroatoms. The molecule has 2 amide bonds. The zero-order valence-corrected chi connectivity index (χ0v) is 14.5. The number of aryl methyl sites for hydroxylation is 1. The Kier molecular flexibility index (Phi) is 7.16. The summed E-state index contributed by atoms with van der Waals surface area (Å²) in [5.41, 5.74) is 1.05. The Morgan fingerprint density at radius 3 is 2.44 bits per heavy atom. The number of hydrogen-bond donors (Lipinski definition) is 3. The first kappa shape index (κ1) is 18.7. The van der Waals surface area contributed by atoms with Gasteiger partial charge in [-0.05, 0) is 48.6 Å². The molecular weight excluding hydrogens is 340 g/mol. The van der Waals surface area contributed by atoms with Crippen LogP contribution in [0.1, 0.15) is 34.5 Å². The van der Waals surface area contributed by atoms with Gasteiger partial charge in [0, 0.05) is 29.1 Å². The molecule has 0 spiro atoms. The summed E-state index contributed by atoms with van der Waals surface area (Å²) in [5.74, 6) is -1.36. The number of rotatable bonds is 9. The van der Waals surface area contributed by atoms with E-state index in [1.165, 1.54) is 4.88 Å². The molecule has 0 aliphatic rings. The van der Waals surface area contributed by atoms with Crippen LogP contribution in [0.2, 0.25) is 0 Å². The highest BCUT2D eigenvalue weighted by Gasteiger charge is 2.07. The average molecular weight is 360 g/mol. The van der Waals surface area contributed by atoms with Crippen molar-refractivity contribution < 1.29 is 19.5 Å². The first-order valence-corrected chi connectivity index (χ1v) is 8.85. The predicted molar refractivity (Wildman–Crippen MR) is 96.9 cm³/mol. The maximum atomic E-state index is 11.9. The zero-order chi connectivity index (χ0) is 18.1. The second-order valence-corrected chi connectivity index (χ2v) is 6.49. The summed E-state index contributed by atoms with van der Waals surface area (Å²) in [5, 5.41) is 15.9. The maximum absolute atomic E-state index is 11.9. The Morgan fingerprint density at radius 2 is 1.80 bits per heavy atom. The van der Waals surface area contributed by atoms with Gasteiger partial charge in [0.25, 0.3) is 5.91 Å². The molecule has 132 valence electrons. The van der Waals surface area contributed by atoms with Crippen molar-refractivity contribution in [3.63, 3.8) is 0 Å². The van der Waals surface area contributed by atoms with Gasteiger partial charge in [0.1, 0.15) is 0 Å². The second kappa shape index (κ2) is 9.58. The van der Waals surface area contributed by atoms with Gasteiger partial charge in [-0.1, -0.05) is 6.07 Å². The monoisotopic (exact) mass is 360 g/mol. The van der Waals surface area contributed by atoms with Crippen molar-refractivity contribution in [2.75, 3.05) is 11.9 Å². The molecule has 0 atom stereocenters. The van der Waals surface area contributed by atoms with E-state index in [9.17, 15) is 14.4 Å². The molecule has 0 aliphatic heterocycles. The number of nitrogens with one attached hydrogen (secondary N) is 2. The van der Waals surface area contributed by atoms with Crippen LogP contribution in [0.15, 0.2) is 41.8 Å². The molecule has 0 bridgehead atoms. The predicted octanol–water partition coefficient (Wildman–Crippen LogP) is 2.91. The second-order valence-electron chi connectivity index (χ2n) is 5.46. The summed E-state index contributed by atoms with van der Waals surface area (Å²) < 4.78 is 0. The summed E-state index contributed by atoms with van der Waals surface area (Å²) >= 11 is 1.69. The lowest BCUT2D eigenvalue weighted by Gasteiger charge is -2.07. The maximum Gasteiger partial charge on any atom is 0.305 e. The van der Waals surface area contributed by atoms with Gasteiger partial charge in [-0.25, -0.2) is 0 Å². The minimum Gasteiger partial charge on any atom is -0.481 e. The number of carbonyl (C=O) groups excluding carboxylic acids is 2. The molecule has 3 N–H and O–H groups in total. The smallest absolute Gasteiger partial charge is 0.305 e. The number of hydrogen-bond acceptors (Lipinski definition) is 4. The number of carbonyl (C=O) groups is 3. The van der Waals surface area contributed by atoms with Crippen molar-refractivity contribution in [3.05, 3.63) is 52.2 Å². The van der Waals surface area contributed by atoms with Gasteiger partial charge in [0.15, 0.2) is 0 Å². The molecular formula is C18H20N2O4S. The minimum atomic E-state index is -0.961. The van der Waals surface area contributed by atoms with Crippen LogP contribution in [0.5, 0.6) is 0 Å². The Morgan fingerprint density at radius 1 is 1.04 bits per heavy atom. The number of carboxylic acids is 1. The van der Waals surface area contributed by atoms with Gasteiger partial charge >= 0.3 is 5.97 Å². The van der Waals surface area contributed by atoms with E-state index in [1.54, 1.807) is 35.6 Å². The standard InChI is InChI=1S/C18H20N2O4S/c21-16(5-1-3-15-4-2-12-25-15)20-14-8-6-13(7-9-14)18(24)19-11-10-17(22)23/h2,4,6-9,12H,1,3,5,10-11H2,(H,19,24)(H,20,21)(H,22,23). The molecule has 0 radical (unpaired) electrons. The Bertz CT molecular complexity index is 711. The summed E-state index contributed by atoms with van der Waals surface area (Å²) in [7, 11) is 0. The molecule has 0 fully saturated rings. The minimum absolute atomic E-state index is 0.0600. The van der Waals surface area contributed by atoms with Crippen LogP contribution >= 0.6 is 11.3 Å². The molecule has 0 saturated heterocycles. The Balaban J connectivity index is 1.74. The fourth-order valence-corrected chi connectivity index (χ4v) is 2.94. The molecule has 1 aromatic carbocycles. The lowest BCUT2D eigenvalue weighted by Crippen LogP contribution is -2.25. The van der Waals surface area contributed by atoms with Crippen molar-refractivity contribution >= 4 is 34.8 Å². The van der Waals surface area contributed by atoms with Crippen molar-refractivity contribution in [2.24, 2.45) is 0 Å². The van der Waals surface area contributed by atoms with Crippen LogP contribution in [0.3, 0.4) is 0 Å². The number of anilines is 1. The summed E-state index contributed by atoms with van der Waals surface area (Å²) in [6, 6.07) is 10.6. The van der Waals surface area contributed by atoms with Crippen LogP contribution < -0.4 is 10.6 Å². The van der Waals surface area contributed by atoms with Gasteiger partial charge in [-0.15, -0.1) is 11.3 Å². The fourth-order valence-electron chi connectivity index (χ4n) is 2.19. The van der Waals surface area contributed by atoms with E-state index in [0.717, 1.165) is 12.8 Å². The number of amides is 2. The fraction of sp³-hybridized carbons (Fsp3) is 0.278. The van der Waals surface area contributed by atoms with E-state index in [1.807, 2.05) is 11.4 Å². The summed E-state index contributed by atoms with van der Waals surface area (Å²) in [6.07, 6.45) is 2.00. The van der Waals surface area contributed by atoms with E-state index < -0.39 is 5.97 Å². The molecule has 2 rings (SSSR count). The third kappa shape index (κ3) is 6.76. The first-order valence-electron chi connectivity index (χ1n) is 7.97. The van der Waals surface area contributed by atoms with E-state index in [0.29, 0.717) is 17.7 Å². The van der Waals surface area contributed by atoms with Gasteiger partial charge in [0.05, 0.1) is 6.42 Å². The molecule has 6 nitrogen and oxygen atoms in total. The lowest BCUT2D eigenvalue weighted by molar-refractivity contribution is -0.136. The van der Waals surface area contributed by atoms with E-state index in [4.69, 9.17) is 5.11 Å². The van der Waals surface area contributed by atoms with E-state index in [-0.39, 0.29) is 24.8 Å². The van der Waals surface area contributed by atoms with Crippen LogP contribution in [0.25, 0.3) is 0 Å². The topological polar surface area (TPSA) is 95.5 Å².